The second-order valence-electron chi connectivity index (χ2n) is 1.52. The number of hydrogen-bond donors (Lipinski definition) is 0. The minimum Gasteiger partial charge on any atom is -0.423 e. The number of benzene rings is 1. The predicted octanol–water partition coefficient (Wildman–Crippen LogP) is 2.56. The van der Waals surface area contributed by atoms with E-state index in [4.69, 9.17) is 3.07 Å². The van der Waals surface area contributed by atoms with Crippen molar-refractivity contribution >= 4 is 23.0 Å². The zero-order valence-electron chi connectivity index (χ0n) is 4.50. The third-order valence-corrected chi connectivity index (χ3v) is 1.41. The monoisotopic (exact) mass is 235 g/mol. The average Bonchev–Trinajstić information content (AvgIpc) is 1.89. The lowest BCUT2D eigenvalue weighted by Crippen LogP contribution is -1.71. The molecule has 0 aromatic heterocycles. The minimum absolute atomic E-state index is 0.0769. The van der Waals surface area contributed by atoms with Crippen molar-refractivity contribution in [2.24, 2.45) is 0 Å². The molecule has 0 N–H and O–H groups in total. The number of para-hydroxylation sites is 2. The Balaban J connectivity index is 3.01. The van der Waals surface area contributed by atoms with Crippen LogP contribution in [0.15, 0.2) is 24.3 Å². The van der Waals surface area contributed by atoms with Gasteiger partial charge in [-0.1, -0.05) is 12.1 Å². The molecule has 9 heavy (non-hydrogen) atoms. The third kappa shape index (κ3) is 1.48. The first-order valence-corrected chi connectivity index (χ1v) is 3.27. The molecule has 0 unspecified atom stereocenters. The highest BCUT2D eigenvalue weighted by Crippen LogP contribution is 2.26. The van der Waals surface area contributed by atoms with Crippen LogP contribution in [-0.2, 0) is 5.11 Å². The van der Waals surface area contributed by atoms with E-state index in [0.29, 0.717) is 5.75 Å². The Labute approximate surface area is 67.2 Å². The molecule has 0 amide bonds. The summed E-state index contributed by atoms with van der Waals surface area (Å²) < 4.78 is 4.70. The van der Waals surface area contributed by atoms with Gasteiger partial charge in [0.1, 0.15) is 0 Å². The van der Waals surface area contributed by atoms with Crippen molar-refractivity contribution in [2.45, 2.75) is 0 Å². The molecule has 0 aliphatic carbocycles. The molecular weight excluding hydrogens is 231 g/mol. The molecule has 1 aromatic carbocycles. The maximum Gasteiger partial charge on any atom is 0.221 e. The molecule has 0 aliphatic rings. The van der Waals surface area contributed by atoms with E-state index in [1.165, 1.54) is 6.07 Å². The molecular formula is C6H4IO2. The van der Waals surface area contributed by atoms with Crippen molar-refractivity contribution < 1.29 is 8.17 Å². The normalized spacial score (nSPS) is 9.00. The van der Waals surface area contributed by atoms with E-state index in [0.717, 1.165) is 0 Å². The van der Waals surface area contributed by atoms with Crippen LogP contribution in [0.1, 0.15) is 0 Å². The van der Waals surface area contributed by atoms with E-state index in [9.17, 15) is 5.11 Å². The molecule has 0 spiro atoms. The molecule has 0 saturated heterocycles. The Morgan fingerprint density at radius 2 is 2.00 bits per heavy atom. The summed E-state index contributed by atoms with van der Waals surface area (Å²) >= 11 is 1.68. The molecule has 2 nitrogen and oxygen atoms in total. The van der Waals surface area contributed by atoms with Gasteiger partial charge in [-0.25, -0.2) is 0 Å². The highest BCUT2D eigenvalue weighted by molar-refractivity contribution is 14.1. The van der Waals surface area contributed by atoms with Crippen LogP contribution in [0, 0.1) is 0 Å². The number of halogens is 1. The Bertz CT molecular complexity index is 200. The number of hydrogen-bond acceptors (Lipinski definition) is 1. The van der Waals surface area contributed by atoms with Gasteiger partial charge >= 0.3 is 0 Å². The zero-order valence-corrected chi connectivity index (χ0v) is 6.66. The van der Waals surface area contributed by atoms with Crippen LogP contribution in [0.3, 0.4) is 0 Å². The Morgan fingerprint density at radius 3 is 2.44 bits per heavy atom. The van der Waals surface area contributed by atoms with E-state index in [2.05, 4.69) is 0 Å². The molecule has 47 valence electrons. The minimum atomic E-state index is -0.0769. The summed E-state index contributed by atoms with van der Waals surface area (Å²) in [4.78, 5) is 0. The summed E-state index contributed by atoms with van der Waals surface area (Å²) in [6.45, 7) is 0. The van der Waals surface area contributed by atoms with Crippen LogP contribution in [0.2, 0.25) is 0 Å². The van der Waals surface area contributed by atoms with Gasteiger partial charge in [0.05, 0.1) is 0 Å². The molecule has 1 radical (unpaired) electrons. The van der Waals surface area contributed by atoms with Gasteiger partial charge in [-0.2, -0.15) is 0 Å². The number of rotatable bonds is 1. The molecule has 0 atom stereocenters. The fraction of sp³-hybridized carbons (Fsp3) is 0. The van der Waals surface area contributed by atoms with Crippen molar-refractivity contribution in [1.29, 1.82) is 0 Å². The summed E-state index contributed by atoms with van der Waals surface area (Å²) in [7, 11) is 0. The Kier molecular flexibility index (Phi) is 2.16. The smallest absolute Gasteiger partial charge is 0.221 e. The first-order chi connectivity index (χ1) is 4.34. The lowest BCUT2D eigenvalue weighted by molar-refractivity contribution is 0.345. The molecule has 1 aromatic rings. The van der Waals surface area contributed by atoms with E-state index >= 15 is 0 Å². The van der Waals surface area contributed by atoms with Crippen LogP contribution in [0.5, 0.6) is 11.5 Å². The molecule has 0 fully saturated rings. The van der Waals surface area contributed by atoms with Crippen LogP contribution >= 0.6 is 23.0 Å². The Hall–Kier alpha value is -0.450. The van der Waals surface area contributed by atoms with Gasteiger partial charge < -0.3 is 3.07 Å². The van der Waals surface area contributed by atoms with Crippen molar-refractivity contribution in [1.82, 2.24) is 0 Å². The van der Waals surface area contributed by atoms with E-state index in [1.54, 1.807) is 41.2 Å². The van der Waals surface area contributed by atoms with Gasteiger partial charge in [0.2, 0.25) is 5.75 Å². The maximum atomic E-state index is 10.7. The lowest BCUT2D eigenvalue weighted by Gasteiger charge is -1.93. The first kappa shape index (κ1) is 6.67. The van der Waals surface area contributed by atoms with Gasteiger partial charge in [-0.15, -0.1) is 0 Å². The summed E-state index contributed by atoms with van der Waals surface area (Å²) in [5, 5.41) is 10.7. The topological polar surface area (TPSA) is 29.1 Å². The van der Waals surface area contributed by atoms with Gasteiger partial charge in [0.25, 0.3) is 0 Å². The lowest BCUT2D eigenvalue weighted by atomic mass is 10.3. The van der Waals surface area contributed by atoms with Crippen molar-refractivity contribution in [3.05, 3.63) is 24.3 Å². The van der Waals surface area contributed by atoms with E-state index in [1.807, 2.05) is 0 Å². The van der Waals surface area contributed by atoms with Crippen LogP contribution in [0.4, 0.5) is 0 Å². The third-order valence-electron chi connectivity index (χ3n) is 0.932. The second kappa shape index (κ2) is 2.91. The molecule has 1 rings (SSSR count). The summed E-state index contributed by atoms with van der Waals surface area (Å²) in [6, 6.07) is 6.54. The maximum absolute atomic E-state index is 10.7. The highest BCUT2D eigenvalue weighted by Gasteiger charge is 1.98. The van der Waals surface area contributed by atoms with Gasteiger partial charge in [-0.3, -0.25) is 5.11 Å². The van der Waals surface area contributed by atoms with Crippen LogP contribution in [0.25, 0.3) is 0 Å². The fourth-order valence-corrected chi connectivity index (χ4v) is 0.878. The predicted molar refractivity (Wildman–Crippen MR) is 41.2 cm³/mol. The molecule has 0 saturated carbocycles. The van der Waals surface area contributed by atoms with Crippen LogP contribution in [-0.4, -0.2) is 0 Å². The SMILES string of the molecule is [O]c1ccccc1OI. The summed E-state index contributed by atoms with van der Waals surface area (Å²) in [6.07, 6.45) is 0. The fourth-order valence-electron chi connectivity index (χ4n) is 0.514. The second-order valence-corrected chi connectivity index (χ2v) is 1.96. The summed E-state index contributed by atoms with van der Waals surface area (Å²) in [5.74, 6) is 0.310. The standard InChI is InChI=1S/C6H4IO2/c7-9-6-4-2-1-3-5(6)8/h1-4H. The molecule has 0 heterocycles. The summed E-state index contributed by atoms with van der Waals surface area (Å²) in [5.41, 5.74) is 0. The molecule has 0 aliphatic heterocycles. The quantitative estimate of drug-likeness (QED) is 0.687. The molecule has 0 bridgehead atoms. The van der Waals surface area contributed by atoms with Crippen LogP contribution < -0.4 is 3.07 Å². The largest absolute Gasteiger partial charge is 0.423 e. The Morgan fingerprint density at radius 1 is 1.33 bits per heavy atom. The van der Waals surface area contributed by atoms with Crippen molar-refractivity contribution in [3.63, 3.8) is 0 Å². The molecule has 3 heteroatoms. The zero-order chi connectivity index (χ0) is 6.69. The van der Waals surface area contributed by atoms with Crippen molar-refractivity contribution in [2.75, 3.05) is 0 Å². The van der Waals surface area contributed by atoms with E-state index < -0.39 is 0 Å². The van der Waals surface area contributed by atoms with Crippen molar-refractivity contribution in [3.8, 4) is 11.5 Å². The highest BCUT2D eigenvalue weighted by atomic mass is 127. The van der Waals surface area contributed by atoms with Gasteiger partial charge in [0, 0.05) is 0 Å². The van der Waals surface area contributed by atoms with Gasteiger partial charge in [0.15, 0.2) is 28.8 Å². The van der Waals surface area contributed by atoms with E-state index in [-0.39, 0.29) is 5.75 Å². The van der Waals surface area contributed by atoms with Gasteiger partial charge in [-0.05, 0) is 12.1 Å². The average molecular weight is 235 g/mol. The first-order valence-electron chi connectivity index (χ1n) is 2.39.